The number of amides is 1. The number of para-hydroxylation sites is 1. The largest absolute Gasteiger partial charge is 0.495 e. The van der Waals surface area contributed by atoms with Gasteiger partial charge >= 0.3 is 0 Å². The van der Waals surface area contributed by atoms with Crippen LogP contribution in [-0.4, -0.2) is 28.0 Å². The molecule has 0 saturated heterocycles. The minimum atomic E-state index is -4.12. The number of methoxy groups -OCH3 is 1. The first-order chi connectivity index (χ1) is 16.3. The molecule has 0 aliphatic heterocycles. The Bertz CT molecular complexity index is 1340. The summed E-state index contributed by atoms with van der Waals surface area (Å²) in [5.41, 5.74) is 2.16. The monoisotopic (exact) mass is 475 g/mol. The second-order valence-electron chi connectivity index (χ2n) is 8.32. The van der Waals surface area contributed by atoms with E-state index in [2.05, 4.69) is 11.4 Å². The van der Waals surface area contributed by atoms with Crippen molar-refractivity contribution >= 4 is 27.3 Å². The second-order valence-corrected chi connectivity index (χ2v) is 10.2. The van der Waals surface area contributed by atoms with Gasteiger partial charge in [-0.25, -0.2) is 8.42 Å². The van der Waals surface area contributed by atoms with E-state index >= 15 is 0 Å². The van der Waals surface area contributed by atoms with Gasteiger partial charge in [0.15, 0.2) is 0 Å². The summed E-state index contributed by atoms with van der Waals surface area (Å²) in [6.45, 7) is 1.37. The van der Waals surface area contributed by atoms with Crippen LogP contribution in [0.25, 0.3) is 0 Å². The normalized spacial score (nSPS) is 14.0. The molecule has 0 atom stereocenters. The first-order valence-electron chi connectivity index (χ1n) is 10.8. The van der Waals surface area contributed by atoms with Crippen molar-refractivity contribution in [2.45, 2.75) is 30.1 Å². The number of nitrogens with zero attached hydrogens (tertiary/aromatic N) is 2. The Balaban J connectivity index is 1.61. The lowest BCUT2D eigenvalue weighted by molar-refractivity contribution is -0.114. The Morgan fingerprint density at radius 2 is 1.76 bits per heavy atom. The Hall–Kier alpha value is -3.83. The van der Waals surface area contributed by atoms with Gasteiger partial charge in [-0.3, -0.25) is 9.10 Å². The van der Waals surface area contributed by atoms with Crippen LogP contribution >= 0.6 is 0 Å². The molecule has 1 aliphatic carbocycles. The summed E-state index contributed by atoms with van der Waals surface area (Å²) in [6.07, 6.45) is 1.67. The first kappa shape index (κ1) is 23.3. The maximum absolute atomic E-state index is 13.7. The summed E-state index contributed by atoms with van der Waals surface area (Å²) in [4.78, 5) is 12.9. The number of ether oxygens (including phenoxy) is 1. The van der Waals surface area contributed by atoms with Gasteiger partial charge in [0.2, 0.25) is 5.91 Å². The highest BCUT2D eigenvalue weighted by Gasteiger charge is 2.44. The smallest absolute Gasteiger partial charge is 0.268 e. The van der Waals surface area contributed by atoms with E-state index in [1.807, 2.05) is 12.1 Å². The van der Waals surface area contributed by atoms with E-state index in [1.54, 1.807) is 61.5 Å². The molecule has 3 aromatic rings. The van der Waals surface area contributed by atoms with E-state index in [9.17, 15) is 18.5 Å². The van der Waals surface area contributed by atoms with Crippen LogP contribution in [0.2, 0.25) is 0 Å². The number of rotatable bonds is 8. The molecular formula is C26H25N3O4S. The molecule has 1 saturated carbocycles. The second kappa shape index (κ2) is 9.20. The van der Waals surface area contributed by atoms with Crippen molar-refractivity contribution in [3.63, 3.8) is 0 Å². The number of hydrogen-bond acceptors (Lipinski definition) is 5. The maximum atomic E-state index is 13.7. The summed E-state index contributed by atoms with van der Waals surface area (Å²) < 4.78 is 33.7. The van der Waals surface area contributed by atoms with Crippen molar-refractivity contribution in [1.82, 2.24) is 0 Å². The Labute approximate surface area is 199 Å². The van der Waals surface area contributed by atoms with Crippen LogP contribution in [0.4, 0.5) is 11.4 Å². The number of aryl methyl sites for hydroxylation is 1. The quantitative estimate of drug-likeness (QED) is 0.521. The third kappa shape index (κ3) is 4.61. The summed E-state index contributed by atoms with van der Waals surface area (Å²) in [7, 11) is -2.71. The van der Waals surface area contributed by atoms with Crippen molar-refractivity contribution in [3.8, 4) is 11.8 Å². The molecule has 7 nitrogen and oxygen atoms in total. The van der Waals surface area contributed by atoms with Gasteiger partial charge in [0.1, 0.15) is 17.2 Å². The van der Waals surface area contributed by atoms with E-state index in [0.29, 0.717) is 11.4 Å². The van der Waals surface area contributed by atoms with Crippen molar-refractivity contribution < 1.29 is 17.9 Å². The van der Waals surface area contributed by atoms with Crippen molar-refractivity contribution in [1.29, 1.82) is 5.26 Å². The molecule has 0 radical (unpaired) electrons. The SMILES string of the molecule is COc1ccc(C)cc1S(=O)(=O)N(CC(=O)Nc1ccc(C2(C#N)CC2)cc1)c1ccccc1. The van der Waals surface area contributed by atoms with Gasteiger partial charge < -0.3 is 10.1 Å². The average molecular weight is 476 g/mol. The molecule has 1 aliphatic rings. The van der Waals surface area contributed by atoms with Gasteiger partial charge in [-0.1, -0.05) is 36.4 Å². The third-order valence-corrected chi connectivity index (χ3v) is 7.70. The number of carbonyl (C=O) groups is 1. The number of carbonyl (C=O) groups excluding carboxylic acids is 1. The molecule has 1 amide bonds. The van der Waals surface area contributed by atoms with Crippen LogP contribution in [0.15, 0.2) is 77.7 Å². The summed E-state index contributed by atoms with van der Waals surface area (Å²) >= 11 is 0. The minimum Gasteiger partial charge on any atom is -0.495 e. The number of hydrogen-bond donors (Lipinski definition) is 1. The predicted octanol–water partition coefficient (Wildman–Crippen LogP) is 4.39. The number of nitriles is 1. The molecule has 8 heteroatoms. The fourth-order valence-electron chi connectivity index (χ4n) is 3.81. The standard InChI is InChI=1S/C26H25N3O4S/c1-19-8-13-23(33-2)24(16-19)34(31,32)29(22-6-4-3-5-7-22)17-25(30)28-21-11-9-20(10-12-21)26(18-27)14-15-26/h3-13,16H,14-15,17H2,1-2H3,(H,28,30). The summed E-state index contributed by atoms with van der Waals surface area (Å²) in [6, 6.07) is 22.8. The van der Waals surface area contributed by atoms with Crippen molar-refractivity contribution in [2.75, 3.05) is 23.3 Å². The molecular weight excluding hydrogens is 450 g/mol. The topological polar surface area (TPSA) is 99.5 Å². The van der Waals surface area contributed by atoms with Crippen LogP contribution in [0.3, 0.4) is 0 Å². The fraction of sp³-hybridized carbons (Fsp3) is 0.231. The lowest BCUT2D eigenvalue weighted by Gasteiger charge is -2.25. The van der Waals surface area contributed by atoms with Crippen LogP contribution in [-0.2, 0) is 20.2 Å². The first-order valence-corrected chi connectivity index (χ1v) is 12.3. The number of nitrogens with one attached hydrogen (secondary N) is 1. The summed E-state index contributed by atoms with van der Waals surface area (Å²) in [5, 5.41) is 12.1. The molecule has 1 fully saturated rings. The van der Waals surface area contributed by atoms with Gasteiger partial charge in [-0.05, 0) is 67.3 Å². The molecule has 174 valence electrons. The molecule has 1 N–H and O–H groups in total. The Morgan fingerprint density at radius 3 is 2.35 bits per heavy atom. The van der Waals surface area contributed by atoms with Crippen LogP contribution < -0.4 is 14.4 Å². The zero-order valence-electron chi connectivity index (χ0n) is 19.0. The van der Waals surface area contributed by atoms with Gasteiger partial charge in [0.05, 0.1) is 24.3 Å². The van der Waals surface area contributed by atoms with E-state index in [-0.39, 0.29) is 10.6 Å². The highest BCUT2D eigenvalue weighted by atomic mass is 32.2. The molecule has 34 heavy (non-hydrogen) atoms. The maximum Gasteiger partial charge on any atom is 0.268 e. The zero-order valence-corrected chi connectivity index (χ0v) is 19.8. The van der Waals surface area contributed by atoms with E-state index in [0.717, 1.165) is 28.3 Å². The van der Waals surface area contributed by atoms with E-state index in [4.69, 9.17) is 4.74 Å². The van der Waals surface area contributed by atoms with Gasteiger partial charge in [-0.2, -0.15) is 5.26 Å². The molecule has 4 rings (SSSR count). The number of anilines is 2. The van der Waals surface area contributed by atoms with E-state index < -0.39 is 27.9 Å². The Morgan fingerprint density at radius 1 is 1.09 bits per heavy atom. The lowest BCUT2D eigenvalue weighted by atomic mass is 9.98. The van der Waals surface area contributed by atoms with E-state index in [1.165, 1.54) is 13.2 Å². The molecule has 3 aromatic carbocycles. The molecule has 0 heterocycles. The minimum absolute atomic E-state index is 0.0118. The third-order valence-electron chi connectivity index (χ3n) is 5.90. The van der Waals surface area contributed by atoms with Gasteiger partial charge in [-0.15, -0.1) is 0 Å². The predicted molar refractivity (Wildman–Crippen MR) is 130 cm³/mol. The van der Waals surface area contributed by atoms with Crippen molar-refractivity contribution in [2.24, 2.45) is 0 Å². The molecule has 0 bridgehead atoms. The molecule has 0 unspecified atom stereocenters. The van der Waals surface area contributed by atoms with Crippen LogP contribution in [0.5, 0.6) is 5.75 Å². The van der Waals surface area contributed by atoms with Crippen LogP contribution in [0, 0.1) is 18.3 Å². The zero-order chi connectivity index (χ0) is 24.3. The summed E-state index contributed by atoms with van der Waals surface area (Å²) in [5.74, 6) is -0.290. The number of benzene rings is 3. The highest BCUT2D eigenvalue weighted by molar-refractivity contribution is 7.93. The van der Waals surface area contributed by atoms with Gasteiger partial charge in [0.25, 0.3) is 10.0 Å². The fourth-order valence-corrected chi connectivity index (χ4v) is 5.47. The lowest BCUT2D eigenvalue weighted by Crippen LogP contribution is -2.38. The van der Waals surface area contributed by atoms with Crippen molar-refractivity contribution in [3.05, 3.63) is 83.9 Å². The highest BCUT2D eigenvalue weighted by Crippen LogP contribution is 2.47. The average Bonchev–Trinajstić information content (AvgIpc) is 3.65. The van der Waals surface area contributed by atoms with Crippen LogP contribution in [0.1, 0.15) is 24.0 Å². The molecule has 0 spiro atoms. The number of sulfonamides is 1. The molecule has 0 aromatic heterocycles. The van der Waals surface area contributed by atoms with Gasteiger partial charge in [0, 0.05) is 5.69 Å². The Kier molecular flexibility index (Phi) is 6.31.